The quantitative estimate of drug-likeness (QED) is 0.743. The molecule has 3 nitrogen and oxygen atoms in total. The second-order valence-corrected chi connectivity index (χ2v) is 5.95. The van der Waals surface area contributed by atoms with Crippen molar-refractivity contribution in [2.75, 3.05) is 40.3 Å². The molecule has 1 saturated heterocycles. The van der Waals surface area contributed by atoms with Crippen LogP contribution in [0.1, 0.15) is 20.3 Å². The van der Waals surface area contributed by atoms with Gasteiger partial charge in [-0.15, -0.1) is 0 Å². The Bertz CT molecular complexity index is 420. The van der Waals surface area contributed by atoms with Crippen LogP contribution in [0.4, 0.5) is 0 Å². The molecular formula is C16H25ClN2O. The number of halogens is 1. The number of hydrogen-bond acceptors (Lipinski definition) is 3. The normalized spacial score (nSPS) is 20.9. The van der Waals surface area contributed by atoms with Gasteiger partial charge in [0, 0.05) is 36.8 Å². The van der Waals surface area contributed by atoms with Crippen LogP contribution in [0.25, 0.3) is 0 Å². The zero-order valence-corrected chi connectivity index (χ0v) is 13.7. The molecule has 4 heteroatoms. The van der Waals surface area contributed by atoms with Gasteiger partial charge in [0.2, 0.25) is 0 Å². The summed E-state index contributed by atoms with van der Waals surface area (Å²) in [5.41, 5.74) is 1.88. The Labute approximate surface area is 127 Å². The predicted molar refractivity (Wildman–Crippen MR) is 86.1 cm³/mol. The van der Waals surface area contributed by atoms with Gasteiger partial charge in [-0.2, -0.15) is 0 Å². The van der Waals surface area contributed by atoms with Gasteiger partial charge in [0.25, 0.3) is 0 Å². The third-order valence-corrected chi connectivity index (χ3v) is 3.72. The summed E-state index contributed by atoms with van der Waals surface area (Å²) in [5.74, 6) is 0.0903. The van der Waals surface area contributed by atoms with Crippen LogP contribution in [-0.2, 0) is 4.79 Å². The minimum absolute atomic E-state index is 0.0903. The van der Waals surface area contributed by atoms with E-state index >= 15 is 0 Å². The maximum atomic E-state index is 11.0. The van der Waals surface area contributed by atoms with Gasteiger partial charge in [-0.25, -0.2) is 0 Å². The lowest BCUT2D eigenvalue weighted by Crippen LogP contribution is -2.42. The van der Waals surface area contributed by atoms with Crippen molar-refractivity contribution in [2.24, 2.45) is 0 Å². The summed E-state index contributed by atoms with van der Waals surface area (Å²) in [5, 5.41) is 0.631. The zero-order chi connectivity index (χ0) is 15.1. The summed E-state index contributed by atoms with van der Waals surface area (Å²) in [6, 6.07) is 0. The van der Waals surface area contributed by atoms with Crippen LogP contribution in [0.5, 0.6) is 0 Å². The van der Waals surface area contributed by atoms with Crippen molar-refractivity contribution in [3.63, 3.8) is 0 Å². The zero-order valence-electron chi connectivity index (χ0n) is 12.9. The summed E-state index contributed by atoms with van der Waals surface area (Å²) >= 11 is 5.85. The number of ketones is 1. The molecule has 112 valence electrons. The van der Waals surface area contributed by atoms with Crippen molar-refractivity contribution in [2.45, 2.75) is 20.3 Å². The van der Waals surface area contributed by atoms with Crippen LogP contribution < -0.4 is 0 Å². The third-order valence-electron chi connectivity index (χ3n) is 3.50. The molecule has 2 rings (SSSR count). The average molecular weight is 297 g/mol. The summed E-state index contributed by atoms with van der Waals surface area (Å²) < 4.78 is 0. The average Bonchev–Trinajstić information content (AvgIpc) is 2.55. The van der Waals surface area contributed by atoms with Crippen molar-refractivity contribution in [3.8, 4) is 0 Å². The van der Waals surface area contributed by atoms with Gasteiger partial charge in [-0.05, 0) is 46.5 Å². The first-order valence-corrected chi connectivity index (χ1v) is 7.39. The lowest BCUT2D eigenvalue weighted by Gasteiger charge is -2.28. The summed E-state index contributed by atoms with van der Waals surface area (Å²) in [6.07, 6.45) is 6.28. The molecule has 0 radical (unpaired) electrons. The second kappa shape index (κ2) is 8.40. The van der Waals surface area contributed by atoms with E-state index in [0.717, 1.165) is 11.1 Å². The molecule has 0 unspecified atom stereocenters. The number of rotatable bonds is 1. The molecule has 0 spiro atoms. The fourth-order valence-electron chi connectivity index (χ4n) is 1.97. The highest BCUT2D eigenvalue weighted by molar-refractivity contribution is 6.31. The molecular weight excluding hydrogens is 272 g/mol. The Kier molecular flexibility index (Phi) is 7.20. The van der Waals surface area contributed by atoms with Crippen molar-refractivity contribution in [1.82, 2.24) is 9.80 Å². The highest BCUT2D eigenvalue weighted by atomic mass is 35.5. The fourth-order valence-corrected chi connectivity index (χ4v) is 2.27. The number of allylic oxidation sites excluding steroid dienone is 6. The van der Waals surface area contributed by atoms with E-state index in [4.69, 9.17) is 11.6 Å². The Morgan fingerprint density at radius 2 is 1.60 bits per heavy atom. The second-order valence-electron chi connectivity index (χ2n) is 5.51. The maximum absolute atomic E-state index is 11.0. The van der Waals surface area contributed by atoms with E-state index in [9.17, 15) is 4.79 Å². The van der Waals surface area contributed by atoms with Crippen LogP contribution in [0.3, 0.4) is 0 Å². The molecule has 0 aromatic rings. The molecule has 1 heterocycles. The van der Waals surface area contributed by atoms with Gasteiger partial charge in [-0.1, -0.05) is 23.3 Å². The summed E-state index contributed by atoms with van der Waals surface area (Å²) in [6.45, 7) is 8.46. The van der Waals surface area contributed by atoms with E-state index in [1.54, 1.807) is 13.0 Å². The number of likely N-dealkylation sites (N-methyl/N-ethyl adjacent to an activating group) is 2. The molecule has 1 aliphatic carbocycles. The maximum Gasteiger partial charge on any atom is 0.156 e. The SMILES string of the molecule is CC(=O)C1=CC(Cl)=CC(C)=CC1.CN1CCN(C)CC1. The summed E-state index contributed by atoms with van der Waals surface area (Å²) in [7, 11) is 4.35. The minimum atomic E-state index is 0.0903. The Balaban J connectivity index is 0.000000217. The highest BCUT2D eigenvalue weighted by Crippen LogP contribution is 2.19. The molecule has 0 atom stereocenters. The van der Waals surface area contributed by atoms with Gasteiger partial charge in [0.1, 0.15) is 0 Å². The van der Waals surface area contributed by atoms with E-state index in [2.05, 4.69) is 23.9 Å². The smallest absolute Gasteiger partial charge is 0.156 e. The van der Waals surface area contributed by atoms with Crippen LogP contribution >= 0.6 is 11.6 Å². The number of hydrogen-bond donors (Lipinski definition) is 0. The largest absolute Gasteiger partial charge is 0.304 e. The van der Waals surface area contributed by atoms with Gasteiger partial charge < -0.3 is 9.80 Å². The van der Waals surface area contributed by atoms with Crippen LogP contribution in [0.2, 0.25) is 0 Å². The molecule has 1 fully saturated rings. The van der Waals surface area contributed by atoms with E-state index in [-0.39, 0.29) is 5.78 Å². The first-order valence-electron chi connectivity index (χ1n) is 7.01. The molecule has 0 aromatic heterocycles. The van der Waals surface area contributed by atoms with Crippen LogP contribution in [0.15, 0.2) is 34.4 Å². The fraction of sp³-hybridized carbons (Fsp3) is 0.562. The van der Waals surface area contributed by atoms with Crippen LogP contribution in [0, 0.1) is 0 Å². The van der Waals surface area contributed by atoms with Gasteiger partial charge >= 0.3 is 0 Å². The van der Waals surface area contributed by atoms with E-state index in [1.807, 2.05) is 19.1 Å². The number of carbonyl (C=O) groups is 1. The molecule has 0 saturated carbocycles. The van der Waals surface area contributed by atoms with Crippen molar-refractivity contribution in [1.29, 1.82) is 0 Å². The van der Waals surface area contributed by atoms with Gasteiger partial charge in [-0.3, -0.25) is 4.79 Å². The first kappa shape index (κ1) is 17.2. The molecule has 0 aromatic carbocycles. The molecule has 1 aliphatic heterocycles. The lowest BCUT2D eigenvalue weighted by atomic mass is 10.1. The summed E-state index contributed by atoms with van der Waals surface area (Å²) in [4.78, 5) is 15.7. The van der Waals surface area contributed by atoms with E-state index in [0.29, 0.717) is 11.5 Å². The Hall–Kier alpha value is -0.900. The molecule has 0 amide bonds. The number of piperazine rings is 1. The van der Waals surface area contributed by atoms with Crippen molar-refractivity contribution < 1.29 is 4.79 Å². The number of Topliss-reactive ketones (excluding diaryl/α,β-unsaturated/α-hetero) is 1. The number of carbonyl (C=O) groups excluding carboxylic acids is 1. The molecule has 2 aliphatic rings. The molecule has 20 heavy (non-hydrogen) atoms. The highest BCUT2D eigenvalue weighted by Gasteiger charge is 2.08. The predicted octanol–water partition coefficient (Wildman–Crippen LogP) is 2.84. The Morgan fingerprint density at radius 3 is 2.05 bits per heavy atom. The minimum Gasteiger partial charge on any atom is -0.304 e. The first-order chi connectivity index (χ1) is 9.38. The van der Waals surface area contributed by atoms with Gasteiger partial charge in [0.15, 0.2) is 5.78 Å². The van der Waals surface area contributed by atoms with Crippen molar-refractivity contribution >= 4 is 17.4 Å². The standard InChI is InChI=1S/C10H11ClO.C6H14N2/c1-7-3-4-9(8(2)12)6-10(11)5-7;1-7-3-5-8(2)6-4-7/h3,5-6H,4H2,1-2H3;3-6H2,1-2H3. The third kappa shape index (κ3) is 6.51. The van der Waals surface area contributed by atoms with E-state index in [1.165, 1.54) is 26.2 Å². The van der Waals surface area contributed by atoms with Gasteiger partial charge in [0.05, 0.1) is 0 Å². The lowest BCUT2D eigenvalue weighted by molar-refractivity contribution is -0.113. The molecule has 0 bridgehead atoms. The van der Waals surface area contributed by atoms with Crippen molar-refractivity contribution in [3.05, 3.63) is 34.4 Å². The number of nitrogens with zero attached hydrogens (tertiary/aromatic N) is 2. The Morgan fingerprint density at radius 1 is 1.10 bits per heavy atom. The van der Waals surface area contributed by atoms with E-state index < -0.39 is 0 Å². The van der Waals surface area contributed by atoms with Crippen LogP contribution in [-0.4, -0.2) is 55.9 Å². The molecule has 0 N–H and O–H groups in total. The monoisotopic (exact) mass is 296 g/mol. The topological polar surface area (TPSA) is 23.6 Å².